The lowest BCUT2D eigenvalue weighted by Crippen LogP contribution is -2.29. The van der Waals surface area contributed by atoms with Crippen molar-refractivity contribution < 1.29 is 14.0 Å². The summed E-state index contributed by atoms with van der Waals surface area (Å²) in [4.78, 5) is 24.9. The van der Waals surface area contributed by atoms with Gasteiger partial charge in [0, 0.05) is 0 Å². The summed E-state index contributed by atoms with van der Waals surface area (Å²) in [5.74, 6) is -2.18. The molecule has 1 aromatic carbocycles. The van der Waals surface area contributed by atoms with E-state index in [1.54, 1.807) is 0 Å². The first kappa shape index (κ1) is 13.4. The van der Waals surface area contributed by atoms with Crippen LogP contribution in [0.4, 0.5) is 10.1 Å². The summed E-state index contributed by atoms with van der Waals surface area (Å²) in [6.45, 7) is 0.00301. The highest BCUT2D eigenvalue weighted by molar-refractivity contribution is 7.15. The molecule has 0 saturated heterocycles. The molecule has 5 nitrogen and oxygen atoms in total. The minimum Gasteiger partial charge on any atom is -0.298 e. The lowest BCUT2D eigenvalue weighted by atomic mass is 10.1. The quantitative estimate of drug-likeness (QED) is 0.794. The van der Waals surface area contributed by atoms with E-state index in [-0.39, 0.29) is 27.3 Å². The number of carbonyl (C=O) groups excluding carboxylic acids is 2. The van der Waals surface area contributed by atoms with Crippen LogP contribution in [-0.4, -0.2) is 21.9 Å². The second-order valence-electron chi connectivity index (χ2n) is 3.95. The molecule has 102 valence electrons. The Morgan fingerprint density at radius 1 is 1.25 bits per heavy atom. The SMILES string of the molecule is O=C1C(=O)N(Cc2nnc(Cl)s2)c2cc(F)c(Cl)cc21. The van der Waals surface area contributed by atoms with E-state index >= 15 is 0 Å². The van der Waals surface area contributed by atoms with E-state index in [1.807, 2.05) is 0 Å². The van der Waals surface area contributed by atoms with Gasteiger partial charge in [-0.2, -0.15) is 0 Å². The number of aromatic nitrogens is 2. The van der Waals surface area contributed by atoms with Crippen LogP contribution in [0.5, 0.6) is 0 Å². The Balaban J connectivity index is 2.03. The van der Waals surface area contributed by atoms with Gasteiger partial charge in [-0.25, -0.2) is 4.39 Å². The van der Waals surface area contributed by atoms with Gasteiger partial charge in [-0.3, -0.25) is 14.5 Å². The van der Waals surface area contributed by atoms with Gasteiger partial charge >= 0.3 is 0 Å². The second-order valence-corrected chi connectivity index (χ2v) is 6.00. The number of ketones is 1. The van der Waals surface area contributed by atoms with Crippen molar-refractivity contribution in [3.8, 4) is 0 Å². The van der Waals surface area contributed by atoms with E-state index in [4.69, 9.17) is 23.2 Å². The maximum atomic E-state index is 13.5. The minimum atomic E-state index is -0.756. The summed E-state index contributed by atoms with van der Waals surface area (Å²) in [6, 6.07) is 2.21. The molecule has 20 heavy (non-hydrogen) atoms. The fourth-order valence-corrected chi connectivity index (χ4v) is 2.90. The standard InChI is InChI=1S/C11H4Cl2FN3O2S/c12-5-1-4-7(2-6(5)14)17(10(19)9(4)18)3-8-15-16-11(13)20-8/h1-2H,3H2. The average Bonchev–Trinajstić information content (AvgIpc) is 2.90. The van der Waals surface area contributed by atoms with E-state index in [0.29, 0.717) is 5.01 Å². The van der Waals surface area contributed by atoms with Crippen LogP contribution >= 0.6 is 34.5 Å². The number of carbonyl (C=O) groups is 2. The van der Waals surface area contributed by atoms with Crippen LogP contribution in [0, 0.1) is 5.82 Å². The molecular weight excluding hydrogens is 328 g/mol. The third kappa shape index (κ3) is 2.07. The number of fused-ring (bicyclic) bond motifs is 1. The fourth-order valence-electron chi connectivity index (χ4n) is 1.88. The summed E-state index contributed by atoms with van der Waals surface area (Å²) >= 11 is 12.4. The molecule has 0 radical (unpaired) electrons. The number of hydrogen-bond donors (Lipinski definition) is 0. The van der Waals surface area contributed by atoms with Gasteiger partial charge in [0.1, 0.15) is 10.8 Å². The van der Waals surface area contributed by atoms with Crippen LogP contribution < -0.4 is 4.90 Å². The van der Waals surface area contributed by atoms with Crippen LogP contribution in [0.3, 0.4) is 0 Å². The van der Waals surface area contributed by atoms with Crippen molar-refractivity contribution in [1.82, 2.24) is 10.2 Å². The second kappa shape index (κ2) is 4.76. The Hall–Kier alpha value is -1.57. The molecule has 0 bridgehead atoms. The fraction of sp³-hybridized carbons (Fsp3) is 0.0909. The third-order valence-electron chi connectivity index (χ3n) is 2.75. The number of anilines is 1. The zero-order valence-corrected chi connectivity index (χ0v) is 11.9. The molecule has 1 amide bonds. The van der Waals surface area contributed by atoms with Crippen molar-refractivity contribution in [3.05, 3.63) is 38.0 Å². The van der Waals surface area contributed by atoms with Crippen LogP contribution in [0.25, 0.3) is 0 Å². The normalized spacial score (nSPS) is 14.1. The smallest absolute Gasteiger partial charge is 0.298 e. The molecule has 9 heteroatoms. The van der Waals surface area contributed by atoms with Crippen LogP contribution in [0.1, 0.15) is 15.4 Å². The van der Waals surface area contributed by atoms with Gasteiger partial charge in [-0.1, -0.05) is 22.9 Å². The maximum absolute atomic E-state index is 13.5. The van der Waals surface area contributed by atoms with Gasteiger partial charge in [0.15, 0.2) is 0 Å². The van der Waals surface area contributed by atoms with Crippen molar-refractivity contribution in [2.75, 3.05) is 4.90 Å². The summed E-state index contributed by atoms with van der Waals surface area (Å²) in [6.07, 6.45) is 0. The molecule has 0 N–H and O–H groups in total. The van der Waals surface area contributed by atoms with Gasteiger partial charge in [0.25, 0.3) is 11.7 Å². The Morgan fingerprint density at radius 2 is 2.00 bits per heavy atom. The number of nitrogens with zero attached hydrogens (tertiary/aromatic N) is 3. The largest absolute Gasteiger partial charge is 0.299 e. The molecule has 1 aliphatic rings. The lowest BCUT2D eigenvalue weighted by Gasteiger charge is -2.14. The number of Topliss-reactive ketones (excluding diaryl/α,β-unsaturated/α-hetero) is 1. The lowest BCUT2D eigenvalue weighted by molar-refractivity contribution is -0.114. The predicted octanol–water partition coefficient (Wildman–Crippen LogP) is 2.71. The summed E-state index contributed by atoms with van der Waals surface area (Å²) in [7, 11) is 0. The molecular formula is C11H4Cl2FN3O2S. The highest BCUT2D eigenvalue weighted by atomic mass is 35.5. The predicted molar refractivity (Wildman–Crippen MR) is 71.8 cm³/mol. The minimum absolute atomic E-state index is 0.00301. The molecule has 0 spiro atoms. The van der Waals surface area contributed by atoms with E-state index in [0.717, 1.165) is 28.4 Å². The van der Waals surface area contributed by atoms with Gasteiger partial charge in [0.2, 0.25) is 4.47 Å². The molecule has 0 atom stereocenters. The highest BCUT2D eigenvalue weighted by Crippen LogP contribution is 2.34. The van der Waals surface area contributed by atoms with Crippen molar-refractivity contribution in [1.29, 1.82) is 0 Å². The molecule has 2 heterocycles. The Bertz CT molecular complexity index is 749. The van der Waals surface area contributed by atoms with Gasteiger partial charge in [-0.15, -0.1) is 10.2 Å². The highest BCUT2D eigenvalue weighted by Gasteiger charge is 2.37. The summed E-state index contributed by atoms with van der Waals surface area (Å²) < 4.78 is 13.7. The van der Waals surface area contributed by atoms with Crippen molar-refractivity contribution >= 4 is 51.9 Å². The van der Waals surface area contributed by atoms with Crippen LogP contribution in [-0.2, 0) is 11.3 Å². The first-order valence-corrected chi connectivity index (χ1v) is 6.87. The van der Waals surface area contributed by atoms with Gasteiger partial charge < -0.3 is 0 Å². The number of halogens is 3. The average molecular weight is 332 g/mol. The Morgan fingerprint density at radius 3 is 2.65 bits per heavy atom. The van der Waals surface area contributed by atoms with Crippen molar-refractivity contribution in [2.45, 2.75) is 6.54 Å². The first-order valence-electron chi connectivity index (χ1n) is 5.30. The summed E-state index contributed by atoms with van der Waals surface area (Å²) in [5.41, 5.74) is 0.255. The molecule has 1 aliphatic heterocycles. The number of amides is 1. The van der Waals surface area contributed by atoms with E-state index in [1.165, 1.54) is 0 Å². The topological polar surface area (TPSA) is 63.2 Å². The van der Waals surface area contributed by atoms with E-state index in [9.17, 15) is 14.0 Å². The molecule has 3 rings (SSSR count). The Kier molecular flexibility index (Phi) is 3.19. The summed E-state index contributed by atoms with van der Waals surface area (Å²) in [5, 5.41) is 7.61. The number of rotatable bonds is 2. The molecule has 2 aromatic rings. The monoisotopic (exact) mass is 331 g/mol. The van der Waals surface area contributed by atoms with Crippen LogP contribution in [0.2, 0.25) is 9.49 Å². The molecule has 0 unspecified atom stereocenters. The zero-order valence-electron chi connectivity index (χ0n) is 9.56. The van der Waals surface area contributed by atoms with E-state index < -0.39 is 17.5 Å². The molecule has 0 saturated carbocycles. The third-order valence-corrected chi connectivity index (χ3v) is 4.04. The molecule has 0 fully saturated rings. The maximum Gasteiger partial charge on any atom is 0.299 e. The Labute approximate surface area is 125 Å². The van der Waals surface area contributed by atoms with E-state index in [2.05, 4.69) is 10.2 Å². The molecule has 0 aliphatic carbocycles. The number of benzene rings is 1. The first-order chi connectivity index (χ1) is 9.47. The number of hydrogen-bond acceptors (Lipinski definition) is 5. The van der Waals surface area contributed by atoms with Crippen molar-refractivity contribution in [2.24, 2.45) is 0 Å². The van der Waals surface area contributed by atoms with Crippen LogP contribution in [0.15, 0.2) is 12.1 Å². The van der Waals surface area contributed by atoms with Crippen molar-refractivity contribution in [3.63, 3.8) is 0 Å². The van der Waals surface area contributed by atoms with Gasteiger partial charge in [-0.05, 0) is 23.7 Å². The van der Waals surface area contributed by atoms with Gasteiger partial charge in [0.05, 0.1) is 22.8 Å². The zero-order chi connectivity index (χ0) is 14.4. The molecule has 1 aromatic heterocycles.